The summed E-state index contributed by atoms with van der Waals surface area (Å²) in [5, 5.41) is 17.3. The highest BCUT2D eigenvalue weighted by atomic mass is 19.4. The van der Waals surface area contributed by atoms with Crippen LogP contribution in [0.4, 0.5) is 13.2 Å². The highest BCUT2D eigenvalue weighted by Crippen LogP contribution is 2.35. The average molecular weight is 229 g/mol. The third kappa shape index (κ3) is 1.98. The second-order valence-corrected chi connectivity index (χ2v) is 3.09. The first-order chi connectivity index (χ1) is 7.29. The van der Waals surface area contributed by atoms with Crippen molar-refractivity contribution >= 4 is 5.97 Å². The zero-order chi connectivity index (χ0) is 12.5. The molecule has 0 aliphatic heterocycles. The normalized spacial score (nSPS) is 10.9. The van der Waals surface area contributed by atoms with Gasteiger partial charge in [-0.3, -0.25) is 0 Å². The number of hydrogen-bond acceptors (Lipinski definition) is 2. The number of carboxylic acid groups (broad SMARTS) is 1. The number of benzene rings is 1. The molecule has 0 bridgehead atoms. The van der Waals surface area contributed by atoms with Crippen molar-refractivity contribution in [2.75, 3.05) is 0 Å². The van der Waals surface area contributed by atoms with Crippen LogP contribution in [0.3, 0.4) is 0 Å². The zero-order valence-electron chi connectivity index (χ0n) is 8.09. The van der Waals surface area contributed by atoms with Gasteiger partial charge in [0.15, 0.2) is 0 Å². The Morgan fingerprint density at radius 1 is 1.44 bits per heavy atom. The number of nitriles is 1. The minimum absolute atomic E-state index is 0.0289. The van der Waals surface area contributed by atoms with Crippen molar-refractivity contribution in [3.05, 3.63) is 34.4 Å². The molecule has 0 saturated heterocycles. The summed E-state index contributed by atoms with van der Waals surface area (Å²) in [5.41, 5.74) is -2.97. The summed E-state index contributed by atoms with van der Waals surface area (Å²) in [4.78, 5) is 10.7. The van der Waals surface area contributed by atoms with E-state index in [2.05, 4.69) is 0 Å². The molecule has 0 radical (unpaired) electrons. The molecule has 0 aliphatic carbocycles. The van der Waals surface area contributed by atoms with Crippen LogP contribution in [0.25, 0.3) is 0 Å². The van der Waals surface area contributed by atoms with Crippen LogP contribution in [0.15, 0.2) is 12.1 Å². The summed E-state index contributed by atoms with van der Waals surface area (Å²) >= 11 is 0. The fraction of sp³-hybridized carbons (Fsp3) is 0.200. The predicted molar refractivity (Wildman–Crippen MR) is 47.9 cm³/mol. The van der Waals surface area contributed by atoms with E-state index < -0.39 is 28.8 Å². The number of hydrogen-bond donors (Lipinski definition) is 1. The van der Waals surface area contributed by atoms with Gasteiger partial charge in [0, 0.05) is 0 Å². The Balaban J connectivity index is 3.71. The van der Waals surface area contributed by atoms with Crippen LogP contribution in [0.1, 0.15) is 27.0 Å². The highest BCUT2D eigenvalue weighted by molar-refractivity contribution is 5.92. The lowest BCUT2D eigenvalue weighted by Crippen LogP contribution is -2.16. The number of aromatic carboxylic acids is 1. The first kappa shape index (κ1) is 12.0. The first-order valence-corrected chi connectivity index (χ1v) is 4.13. The summed E-state index contributed by atoms with van der Waals surface area (Å²) in [6, 6.07) is 3.48. The quantitative estimate of drug-likeness (QED) is 0.804. The molecule has 1 rings (SSSR count). The number of alkyl halides is 3. The van der Waals surface area contributed by atoms with Crippen LogP contribution >= 0.6 is 0 Å². The Morgan fingerprint density at radius 2 is 2.00 bits per heavy atom. The van der Waals surface area contributed by atoms with E-state index in [1.165, 1.54) is 19.1 Å². The predicted octanol–water partition coefficient (Wildman–Crippen LogP) is 2.58. The molecule has 84 valence electrons. The highest BCUT2D eigenvalue weighted by Gasteiger charge is 2.39. The van der Waals surface area contributed by atoms with E-state index in [1.807, 2.05) is 0 Å². The maximum atomic E-state index is 12.6. The van der Waals surface area contributed by atoms with Crippen molar-refractivity contribution < 1.29 is 23.1 Å². The molecule has 6 heteroatoms. The van der Waals surface area contributed by atoms with Gasteiger partial charge in [0.1, 0.15) is 0 Å². The summed E-state index contributed by atoms with van der Waals surface area (Å²) in [7, 11) is 0. The minimum Gasteiger partial charge on any atom is -0.478 e. The Hall–Kier alpha value is -2.03. The molecule has 0 saturated carbocycles. The van der Waals surface area contributed by atoms with Crippen molar-refractivity contribution in [2.24, 2.45) is 0 Å². The van der Waals surface area contributed by atoms with E-state index in [-0.39, 0.29) is 5.56 Å². The number of aryl methyl sites for hydroxylation is 1. The molecule has 0 spiro atoms. The summed E-state index contributed by atoms with van der Waals surface area (Å²) in [6.45, 7) is 1.25. The molecular formula is C10H6F3NO2. The van der Waals surface area contributed by atoms with Gasteiger partial charge < -0.3 is 5.11 Å². The maximum Gasteiger partial charge on any atom is 0.418 e. The molecule has 0 aliphatic rings. The lowest BCUT2D eigenvalue weighted by molar-refractivity contribution is -0.138. The van der Waals surface area contributed by atoms with Crippen LogP contribution in [0.5, 0.6) is 0 Å². The number of halogens is 3. The molecule has 0 aromatic heterocycles. The number of nitrogens with zero attached hydrogens (tertiary/aromatic N) is 1. The van der Waals surface area contributed by atoms with Gasteiger partial charge in [0.2, 0.25) is 0 Å². The Labute approximate surface area is 88.7 Å². The van der Waals surface area contributed by atoms with Crippen LogP contribution in [-0.4, -0.2) is 11.1 Å². The van der Waals surface area contributed by atoms with E-state index in [0.717, 1.165) is 6.07 Å². The Bertz CT molecular complexity index is 486. The van der Waals surface area contributed by atoms with Crippen LogP contribution in [0.2, 0.25) is 0 Å². The largest absolute Gasteiger partial charge is 0.478 e. The van der Waals surface area contributed by atoms with Gasteiger partial charge in [0.25, 0.3) is 0 Å². The molecule has 0 unspecified atom stereocenters. The van der Waals surface area contributed by atoms with Crippen molar-refractivity contribution in [1.82, 2.24) is 0 Å². The van der Waals surface area contributed by atoms with E-state index in [1.54, 1.807) is 0 Å². The van der Waals surface area contributed by atoms with Crippen LogP contribution in [0, 0.1) is 18.3 Å². The fourth-order valence-electron chi connectivity index (χ4n) is 1.37. The first-order valence-electron chi connectivity index (χ1n) is 4.13. The van der Waals surface area contributed by atoms with E-state index >= 15 is 0 Å². The van der Waals surface area contributed by atoms with Crippen molar-refractivity contribution in [3.8, 4) is 6.07 Å². The van der Waals surface area contributed by atoms with Gasteiger partial charge >= 0.3 is 12.1 Å². The lowest BCUT2D eigenvalue weighted by atomic mass is 9.96. The lowest BCUT2D eigenvalue weighted by Gasteiger charge is -2.13. The smallest absolute Gasteiger partial charge is 0.418 e. The third-order valence-electron chi connectivity index (χ3n) is 2.03. The number of carboxylic acids is 1. The van der Waals surface area contributed by atoms with E-state index in [9.17, 15) is 18.0 Å². The molecule has 0 amide bonds. The maximum absolute atomic E-state index is 12.6. The van der Waals surface area contributed by atoms with Crippen molar-refractivity contribution in [1.29, 1.82) is 5.26 Å². The van der Waals surface area contributed by atoms with Gasteiger partial charge in [0.05, 0.1) is 22.8 Å². The molecule has 3 nitrogen and oxygen atoms in total. The second-order valence-electron chi connectivity index (χ2n) is 3.09. The molecule has 0 heterocycles. The number of carbonyl (C=O) groups is 1. The Morgan fingerprint density at radius 3 is 2.38 bits per heavy atom. The third-order valence-corrected chi connectivity index (χ3v) is 2.03. The summed E-state index contributed by atoms with van der Waals surface area (Å²) in [6.07, 6.45) is -4.86. The molecular weight excluding hydrogens is 223 g/mol. The summed E-state index contributed by atoms with van der Waals surface area (Å²) < 4.78 is 37.9. The fourth-order valence-corrected chi connectivity index (χ4v) is 1.37. The SMILES string of the molecule is Cc1ccc(C#N)c(C(F)(F)F)c1C(=O)O. The van der Waals surface area contributed by atoms with Gasteiger partial charge in [-0.05, 0) is 18.6 Å². The molecule has 1 aromatic rings. The van der Waals surface area contributed by atoms with Gasteiger partial charge in [-0.25, -0.2) is 4.79 Å². The topological polar surface area (TPSA) is 61.1 Å². The average Bonchev–Trinajstić information content (AvgIpc) is 2.15. The van der Waals surface area contributed by atoms with Crippen LogP contribution in [-0.2, 0) is 6.18 Å². The van der Waals surface area contributed by atoms with E-state index in [4.69, 9.17) is 10.4 Å². The summed E-state index contributed by atoms with van der Waals surface area (Å²) in [5.74, 6) is -1.69. The minimum atomic E-state index is -4.86. The molecule has 1 N–H and O–H groups in total. The zero-order valence-corrected chi connectivity index (χ0v) is 8.09. The molecule has 16 heavy (non-hydrogen) atoms. The molecule has 0 fully saturated rings. The monoisotopic (exact) mass is 229 g/mol. The second kappa shape index (κ2) is 3.85. The van der Waals surface area contributed by atoms with Gasteiger partial charge in [-0.2, -0.15) is 18.4 Å². The Kier molecular flexibility index (Phi) is 2.90. The van der Waals surface area contributed by atoms with Crippen molar-refractivity contribution in [3.63, 3.8) is 0 Å². The molecule has 1 aromatic carbocycles. The van der Waals surface area contributed by atoms with Gasteiger partial charge in [-0.15, -0.1) is 0 Å². The molecule has 0 atom stereocenters. The standard InChI is InChI=1S/C10H6F3NO2/c1-5-2-3-6(4-14)8(10(11,12)13)7(5)9(15)16/h2-3H,1H3,(H,15,16). The number of rotatable bonds is 1. The van der Waals surface area contributed by atoms with E-state index in [0.29, 0.717) is 0 Å². The van der Waals surface area contributed by atoms with Gasteiger partial charge in [-0.1, -0.05) is 6.07 Å². The van der Waals surface area contributed by atoms with Crippen LogP contribution < -0.4 is 0 Å². The van der Waals surface area contributed by atoms with Crippen molar-refractivity contribution in [2.45, 2.75) is 13.1 Å².